The Hall–Kier alpha value is -2.51. The molecule has 7 heteroatoms. The summed E-state index contributed by atoms with van der Waals surface area (Å²) in [6, 6.07) is 10.6. The van der Waals surface area contributed by atoms with E-state index in [9.17, 15) is 9.18 Å². The van der Waals surface area contributed by atoms with Crippen molar-refractivity contribution in [3.8, 4) is 0 Å². The number of halogens is 1. The number of piperazine rings is 1. The zero-order valence-electron chi connectivity index (χ0n) is 16.8. The molecule has 2 aromatic rings. The summed E-state index contributed by atoms with van der Waals surface area (Å²) in [6.07, 6.45) is 1.14. The Bertz CT molecular complexity index is 860. The van der Waals surface area contributed by atoms with Crippen LogP contribution in [0.15, 0.2) is 36.4 Å². The van der Waals surface area contributed by atoms with Crippen molar-refractivity contribution < 1.29 is 9.18 Å². The molecule has 0 bridgehead atoms. The first-order valence-corrected chi connectivity index (χ1v) is 10.3. The molecule has 0 saturated carbocycles. The minimum absolute atomic E-state index is 0.181. The minimum Gasteiger partial charge on any atom is -0.369 e. The Morgan fingerprint density at radius 3 is 2.76 bits per heavy atom. The average Bonchev–Trinajstić information content (AvgIpc) is 3.25. The molecule has 2 aliphatic heterocycles. The lowest BCUT2D eigenvalue weighted by Crippen LogP contribution is -2.48. The maximum absolute atomic E-state index is 13.7. The number of nitrogens with one attached hydrogen (secondary N) is 2. The van der Waals surface area contributed by atoms with Gasteiger partial charge in [0.2, 0.25) is 5.91 Å². The van der Waals surface area contributed by atoms with E-state index in [0.717, 1.165) is 51.4 Å². The van der Waals surface area contributed by atoms with E-state index in [-0.39, 0.29) is 18.1 Å². The molecule has 6 nitrogen and oxygen atoms in total. The predicted molar refractivity (Wildman–Crippen MR) is 113 cm³/mol. The smallest absolute Gasteiger partial charge is 0.238 e. The third kappa shape index (κ3) is 4.92. The first-order chi connectivity index (χ1) is 14.1. The van der Waals surface area contributed by atoms with Crippen LogP contribution in [0.4, 0.5) is 15.8 Å². The largest absolute Gasteiger partial charge is 0.369 e. The van der Waals surface area contributed by atoms with Crippen LogP contribution in [0.2, 0.25) is 0 Å². The van der Waals surface area contributed by atoms with E-state index < -0.39 is 5.82 Å². The number of benzene rings is 1. The van der Waals surface area contributed by atoms with Crippen molar-refractivity contribution in [2.24, 2.45) is 0 Å². The monoisotopic (exact) mass is 397 g/mol. The number of hydrogen-bond acceptors (Lipinski definition) is 5. The third-order valence-electron chi connectivity index (χ3n) is 5.69. The average molecular weight is 397 g/mol. The summed E-state index contributed by atoms with van der Waals surface area (Å²) in [5, 5.41) is 6.08. The molecule has 1 amide bonds. The van der Waals surface area contributed by atoms with Crippen LogP contribution in [0, 0.1) is 12.7 Å². The summed E-state index contributed by atoms with van der Waals surface area (Å²) in [4.78, 5) is 21.5. The molecular formula is C22H28FN5O. The Labute approximate surface area is 171 Å². The zero-order valence-corrected chi connectivity index (χ0v) is 16.8. The highest BCUT2D eigenvalue weighted by molar-refractivity contribution is 5.92. The molecule has 1 aromatic carbocycles. The summed E-state index contributed by atoms with van der Waals surface area (Å²) >= 11 is 0. The molecule has 2 N–H and O–H groups in total. The second-order valence-corrected chi connectivity index (χ2v) is 7.87. The summed E-state index contributed by atoms with van der Waals surface area (Å²) < 4.78 is 13.7. The van der Waals surface area contributed by atoms with Crippen LogP contribution in [0.5, 0.6) is 0 Å². The number of carbonyl (C=O) groups is 1. The van der Waals surface area contributed by atoms with Gasteiger partial charge in [0.05, 0.1) is 12.2 Å². The van der Waals surface area contributed by atoms with Crippen LogP contribution in [-0.4, -0.2) is 61.6 Å². The fourth-order valence-corrected chi connectivity index (χ4v) is 4.09. The van der Waals surface area contributed by atoms with E-state index in [1.807, 2.05) is 0 Å². The maximum atomic E-state index is 13.7. The molecule has 1 aromatic heterocycles. The number of nitrogens with zero attached hydrogens (tertiary/aromatic N) is 3. The van der Waals surface area contributed by atoms with Crippen molar-refractivity contribution in [3.05, 3.63) is 53.6 Å². The number of aromatic nitrogens is 1. The summed E-state index contributed by atoms with van der Waals surface area (Å²) in [7, 11) is 0. The van der Waals surface area contributed by atoms with Gasteiger partial charge < -0.3 is 15.5 Å². The second kappa shape index (κ2) is 8.88. The van der Waals surface area contributed by atoms with Crippen molar-refractivity contribution in [2.45, 2.75) is 19.3 Å². The molecule has 3 heterocycles. The van der Waals surface area contributed by atoms with Gasteiger partial charge in [-0.3, -0.25) is 14.7 Å². The molecule has 0 unspecified atom stereocenters. The molecular weight excluding hydrogens is 369 g/mol. The van der Waals surface area contributed by atoms with Gasteiger partial charge in [-0.25, -0.2) is 4.39 Å². The van der Waals surface area contributed by atoms with Gasteiger partial charge in [0.1, 0.15) is 5.82 Å². The van der Waals surface area contributed by atoms with Gasteiger partial charge in [-0.1, -0.05) is 12.1 Å². The Balaban J connectivity index is 1.32. The minimum atomic E-state index is -0.410. The standard InChI is InChI=1S/C22H28FN5O/c1-16-12-18(13-21(25-16)17-6-7-24-14-17)28-10-8-27(9-11-28)15-22(29)26-20-5-3-2-4-19(20)23/h2-5,12-13,17,24H,6-11,14-15H2,1H3,(H,26,29)/t17-/m1/s1. The lowest BCUT2D eigenvalue weighted by atomic mass is 10.0. The van der Waals surface area contributed by atoms with Crippen molar-refractivity contribution in [2.75, 3.05) is 56.0 Å². The second-order valence-electron chi connectivity index (χ2n) is 7.87. The highest BCUT2D eigenvalue weighted by atomic mass is 19.1. The number of rotatable bonds is 5. The van der Waals surface area contributed by atoms with E-state index >= 15 is 0 Å². The molecule has 0 spiro atoms. The highest BCUT2D eigenvalue weighted by Crippen LogP contribution is 2.26. The summed E-state index contributed by atoms with van der Waals surface area (Å²) in [5.74, 6) is -0.0941. The van der Waals surface area contributed by atoms with Crippen LogP contribution >= 0.6 is 0 Å². The molecule has 0 radical (unpaired) electrons. The van der Waals surface area contributed by atoms with Gasteiger partial charge in [0.15, 0.2) is 0 Å². The van der Waals surface area contributed by atoms with E-state index in [4.69, 9.17) is 4.98 Å². The van der Waals surface area contributed by atoms with Crippen LogP contribution in [0.1, 0.15) is 23.7 Å². The molecule has 2 saturated heterocycles. The summed E-state index contributed by atoms with van der Waals surface area (Å²) in [6.45, 7) is 7.70. The molecule has 0 aliphatic carbocycles. The number of aryl methyl sites for hydroxylation is 1. The lowest BCUT2D eigenvalue weighted by molar-refractivity contribution is -0.117. The van der Waals surface area contributed by atoms with Crippen molar-refractivity contribution in [3.63, 3.8) is 0 Å². The van der Waals surface area contributed by atoms with Crippen molar-refractivity contribution in [1.82, 2.24) is 15.2 Å². The molecule has 4 rings (SSSR count). The van der Waals surface area contributed by atoms with Gasteiger partial charge in [0.25, 0.3) is 0 Å². The van der Waals surface area contributed by atoms with E-state index in [1.54, 1.807) is 18.2 Å². The number of pyridine rings is 1. The van der Waals surface area contributed by atoms with Crippen molar-refractivity contribution in [1.29, 1.82) is 0 Å². The molecule has 154 valence electrons. The molecule has 29 heavy (non-hydrogen) atoms. The molecule has 2 fully saturated rings. The van der Waals surface area contributed by atoms with Gasteiger partial charge in [-0.15, -0.1) is 0 Å². The first-order valence-electron chi connectivity index (χ1n) is 10.3. The quantitative estimate of drug-likeness (QED) is 0.811. The fraction of sp³-hybridized carbons (Fsp3) is 0.455. The number of para-hydroxylation sites is 1. The van der Waals surface area contributed by atoms with Crippen LogP contribution in [0.25, 0.3) is 0 Å². The topological polar surface area (TPSA) is 60.5 Å². The Morgan fingerprint density at radius 2 is 2.03 bits per heavy atom. The van der Waals surface area contributed by atoms with Gasteiger partial charge in [0, 0.05) is 55.7 Å². The van der Waals surface area contributed by atoms with Crippen molar-refractivity contribution >= 4 is 17.3 Å². The van der Waals surface area contributed by atoms with Gasteiger partial charge in [-0.2, -0.15) is 0 Å². The highest BCUT2D eigenvalue weighted by Gasteiger charge is 2.23. The van der Waals surface area contributed by atoms with Crippen LogP contribution < -0.4 is 15.5 Å². The van der Waals surface area contributed by atoms with Gasteiger partial charge >= 0.3 is 0 Å². The summed E-state index contributed by atoms with van der Waals surface area (Å²) in [5.41, 5.74) is 3.68. The molecule has 1 atom stereocenters. The van der Waals surface area contributed by atoms with Crippen LogP contribution in [0.3, 0.4) is 0 Å². The normalized spacial score (nSPS) is 20.1. The van der Waals surface area contributed by atoms with E-state index in [1.165, 1.54) is 17.4 Å². The van der Waals surface area contributed by atoms with Gasteiger partial charge in [-0.05, 0) is 44.2 Å². The van der Waals surface area contributed by atoms with E-state index in [2.05, 4.69) is 39.5 Å². The SMILES string of the molecule is Cc1cc(N2CCN(CC(=O)Nc3ccccc3F)CC2)cc([C@@H]2CCNC2)n1. The number of carbonyl (C=O) groups excluding carboxylic acids is 1. The number of hydrogen-bond donors (Lipinski definition) is 2. The Morgan fingerprint density at radius 1 is 1.24 bits per heavy atom. The predicted octanol–water partition coefficient (Wildman–Crippen LogP) is 2.37. The fourth-order valence-electron chi connectivity index (χ4n) is 4.09. The van der Waals surface area contributed by atoms with E-state index in [0.29, 0.717) is 5.92 Å². The number of anilines is 2. The molecule has 2 aliphatic rings. The lowest BCUT2D eigenvalue weighted by Gasteiger charge is -2.36. The third-order valence-corrected chi connectivity index (χ3v) is 5.69. The van der Waals surface area contributed by atoms with Crippen LogP contribution in [-0.2, 0) is 4.79 Å². The Kier molecular flexibility index (Phi) is 6.06. The zero-order chi connectivity index (χ0) is 20.2. The first kappa shape index (κ1) is 19.8. The number of amides is 1. The maximum Gasteiger partial charge on any atom is 0.238 e.